The van der Waals surface area contributed by atoms with Crippen molar-refractivity contribution in [3.63, 3.8) is 0 Å². The number of pyridine rings is 1. The van der Waals surface area contributed by atoms with Crippen LogP contribution in [0.2, 0.25) is 0 Å². The first-order chi connectivity index (χ1) is 12.9. The third-order valence-electron chi connectivity index (χ3n) is 4.97. The van der Waals surface area contributed by atoms with Crippen molar-refractivity contribution >= 4 is 27.5 Å². The summed E-state index contributed by atoms with van der Waals surface area (Å²) in [7, 11) is -1.33. The summed E-state index contributed by atoms with van der Waals surface area (Å²) in [5, 5.41) is 9.32. The van der Waals surface area contributed by atoms with E-state index in [1.54, 1.807) is 24.3 Å². The normalized spacial score (nSPS) is 21.3. The number of aromatic nitrogens is 4. The molecule has 2 fully saturated rings. The molecule has 1 saturated carbocycles. The van der Waals surface area contributed by atoms with Crippen LogP contribution in [0.25, 0.3) is 11.4 Å². The van der Waals surface area contributed by atoms with Gasteiger partial charge in [0.2, 0.25) is 5.91 Å². The maximum atomic E-state index is 12.5. The predicted molar refractivity (Wildman–Crippen MR) is 102 cm³/mol. The van der Waals surface area contributed by atoms with Gasteiger partial charge in [0.1, 0.15) is 0 Å². The molecule has 1 aliphatic carbocycles. The molecule has 2 aromatic heterocycles. The largest absolute Gasteiger partial charge is 0.341 e. The number of hydrogen-bond donors (Lipinski definition) is 0. The quantitative estimate of drug-likeness (QED) is 0.668. The zero-order valence-corrected chi connectivity index (χ0v) is 16.6. The summed E-state index contributed by atoms with van der Waals surface area (Å²) < 4.78 is 25.4. The minimum absolute atomic E-state index is 0.0588. The van der Waals surface area contributed by atoms with E-state index in [9.17, 15) is 13.2 Å². The van der Waals surface area contributed by atoms with Crippen LogP contribution in [0, 0.1) is 0 Å². The van der Waals surface area contributed by atoms with Crippen molar-refractivity contribution in [3.8, 4) is 11.4 Å². The fourth-order valence-electron chi connectivity index (χ4n) is 3.24. The van der Waals surface area contributed by atoms with Crippen molar-refractivity contribution in [2.75, 3.05) is 24.3 Å². The third kappa shape index (κ3) is 4.01. The Bertz CT molecular complexity index is 941. The fraction of sp³-hybridized carbons (Fsp3) is 0.529. The van der Waals surface area contributed by atoms with Crippen LogP contribution in [0.1, 0.15) is 25.3 Å². The molecule has 2 aromatic rings. The Morgan fingerprint density at radius 1 is 1.33 bits per heavy atom. The molecule has 2 aliphatic rings. The summed E-state index contributed by atoms with van der Waals surface area (Å²) in [4.78, 5) is 18.2. The average Bonchev–Trinajstić information content (AvgIpc) is 3.31. The summed E-state index contributed by atoms with van der Waals surface area (Å²) in [6.07, 6.45) is 6.14. The number of thioether (sulfide) groups is 1. The van der Waals surface area contributed by atoms with E-state index in [-0.39, 0.29) is 29.2 Å². The second kappa shape index (κ2) is 7.23. The molecule has 0 radical (unpaired) electrons. The molecule has 1 atom stereocenters. The first-order valence-electron chi connectivity index (χ1n) is 8.89. The molecule has 0 aromatic carbocycles. The van der Waals surface area contributed by atoms with Gasteiger partial charge in [0.05, 0.1) is 17.3 Å². The Kier molecular flexibility index (Phi) is 4.94. The van der Waals surface area contributed by atoms with Gasteiger partial charge in [-0.1, -0.05) is 11.8 Å². The Morgan fingerprint density at radius 3 is 2.78 bits per heavy atom. The average molecular weight is 408 g/mol. The molecular weight excluding hydrogens is 386 g/mol. The summed E-state index contributed by atoms with van der Waals surface area (Å²) >= 11 is 1.35. The van der Waals surface area contributed by atoms with Crippen molar-refractivity contribution < 1.29 is 13.2 Å². The van der Waals surface area contributed by atoms with E-state index in [0.29, 0.717) is 12.5 Å². The van der Waals surface area contributed by atoms with Gasteiger partial charge in [0.25, 0.3) is 0 Å². The lowest BCUT2D eigenvalue weighted by Gasteiger charge is -2.23. The topological polar surface area (TPSA) is 98.1 Å². The van der Waals surface area contributed by atoms with Crippen molar-refractivity contribution in [1.82, 2.24) is 24.6 Å². The van der Waals surface area contributed by atoms with Crippen LogP contribution in [0.5, 0.6) is 0 Å². The zero-order valence-electron chi connectivity index (χ0n) is 15.0. The van der Waals surface area contributed by atoms with E-state index in [2.05, 4.69) is 19.7 Å². The molecule has 27 heavy (non-hydrogen) atoms. The van der Waals surface area contributed by atoms with Crippen LogP contribution in [-0.2, 0) is 14.6 Å². The van der Waals surface area contributed by atoms with Gasteiger partial charge in [-0.25, -0.2) is 8.42 Å². The first-order valence-corrected chi connectivity index (χ1v) is 11.7. The molecule has 144 valence electrons. The first kappa shape index (κ1) is 18.4. The van der Waals surface area contributed by atoms with E-state index >= 15 is 0 Å². The minimum atomic E-state index is -3.01. The van der Waals surface area contributed by atoms with Gasteiger partial charge in [-0.15, -0.1) is 10.2 Å². The molecule has 1 saturated heterocycles. The highest BCUT2D eigenvalue weighted by atomic mass is 32.2. The van der Waals surface area contributed by atoms with Crippen molar-refractivity contribution in [2.24, 2.45) is 0 Å². The second-order valence-electron chi connectivity index (χ2n) is 7.00. The number of carbonyl (C=O) groups is 1. The highest BCUT2D eigenvalue weighted by molar-refractivity contribution is 7.99. The number of nitrogens with zero attached hydrogens (tertiary/aromatic N) is 5. The Balaban J connectivity index is 1.46. The molecule has 8 nitrogen and oxygen atoms in total. The van der Waals surface area contributed by atoms with Crippen LogP contribution in [0.4, 0.5) is 0 Å². The molecular formula is C17H21N5O3S2. The number of rotatable bonds is 6. The Hall–Kier alpha value is -1.94. The molecule has 4 rings (SSSR count). The summed E-state index contributed by atoms with van der Waals surface area (Å²) in [6, 6.07) is 3.95. The maximum Gasteiger partial charge on any atom is 0.233 e. The Morgan fingerprint density at radius 2 is 2.15 bits per heavy atom. The number of amides is 1. The van der Waals surface area contributed by atoms with Crippen molar-refractivity contribution in [1.29, 1.82) is 0 Å². The van der Waals surface area contributed by atoms with Gasteiger partial charge in [-0.05, 0) is 31.4 Å². The smallest absolute Gasteiger partial charge is 0.233 e. The van der Waals surface area contributed by atoms with Gasteiger partial charge in [0.15, 0.2) is 20.8 Å². The molecule has 0 bridgehead atoms. The highest BCUT2D eigenvalue weighted by Gasteiger charge is 2.34. The van der Waals surface area contributed by atoms with Crippen LogP contribution >= 0.6 is 11.8 Å². The van der Waals surface area contributed by atoms with Crippen LogP contribution in [0.3, 0.4) is 0 Å². The standard InChI is InChI=1S/C17H21N5O3S2/c1-21(14-6-8-27(24,25)11-14)15(23)10-26-17-20-19-16(22(17)13-4-5-13)12-3-2-7-18-9-12/h2-3,7,9,13-14H,4-6,8,10-11H2,1H3. The molecule has 1 unspecified atom stereocenters. The monoisotopic (exact) mass is 407 g/mol. The lowest BCUT2D eigenvalue weighted by atomic mass is 10.2. The predicted octanol–water partition coefficient (Wildman–Crippen LogP) is 1.41. The molecule has 0 spiro atoms. The SMILES string of the molecule is CN(C(=O)CSc1nnc(-c2cccnc2)n1C1CC1)C1CCS(=O)(=O)C1. The van der Waals surface area contributed by atoms with Gasteiger partial charge in [-0.3, -0.25) is 14.3 Å². The van der Waals surface area contributed by atoms with Gasteiger partial charge >= 0.3 is 0 Å². The second-order valence-corrected chi connectivity index (χ2v) is 10.2. The van der Waals surface area contributed by atoms with Crippen LogP contribution in [0.15, 0.2) is 29.7 Å². The highest BCUT2D eigenvalue weighted by Crippen LogP contribution is 2.41. The van der Waals surface area contributed by atoms with Crippen LogP contribution in [-0.4, -0.2) is 69.3 Å². The molecule has 1 amide bonds. The maximum absolute atomic E-state index is 12.5. The fourth-order valence-corrected chi connectivity index (χ4v) is 5.95. The number of carbonyl (C=O) groups excluding carboxylic acids is 1. The molecule has 10 heteroatoms. The molecule has 0 N–H and O–H groups in total. The summed E-state index contributed by atoms with van der Waals surface area (Å²) in [5.41, 5.74) is 0.906. The van der Waals surface area contributed by atoms with Crippen molar-refractivity contribution in [3.05, 3.63) is 24.5 Å². The van der Waals surface area contributed by atoms with Gasteiger partial charge in [0, 0.05) is 37.1 Å². The molecule has 1 aliphatic heterocycles. The van der Waals surface area contributed by atoms with E-state index in [4.69, 9.17) is 0 Å². The van der Waals surface area contributed by atoms with E-state index in [0.717, 1.165) is 29.4 Å². The lowest BCUT2D eigenvalue weighted by molar-refractivity contribution is -0.128. The van der Waals surface area contributed by atoms with E-state index in [1.165, 1.54) is 11.8 Å². The third-order valence-corrected chi connectivity index (χ3v) is 7.65. The lowest BCUT2D eigenvalue weighted by Crippen LogP contribution is -2.38. The zero-order chi connectivity index (χ0) is 19.0. The number of sulfone groups is 1. The molecule has 3 heterocycles. The van der Waals surface area contributed by atoms with E-state index in [1.807, 2.05) is 12.1 Å². The number of hydrogen-bond acceptors (Lipinski definition) is 7. The van der Waals surface area contributed by atoms with Crippen LogP contribution < -0.4 is 0 Å². The van der Waals surface area contributed by atoms with Gasteiger partial charge < -0.3 is 4.90 Å². The van der Waals surface area contributed by atoms with Crippen molar-refractivity contribution in [2.45, 2.75) is 36.5 Å². The minimum Gasteiger partial charge on any atom is -0.341 e. The van der Waals surface area contributed by atoms with Gasteiger partial charge in [-0.2, -0.15) is 0 Å². The van der Waals surface area contributed by atoms with E-state index < -0.39 is 9.84 Å². The summed E-state index contributed by atoms with van der Waals surface area (Å²) in [5.74, 6) is 1.12. The Labute approximate surface area is 162 Å². The summed E-state index contributed by atoms with van der Waals surface area (Å²) in [6.45, 7) is 0.